The minimum atomic E-state index is -1.05. The van der Waals surface area contributed by atoms with E-state index < -0.39 is 17.8 Å². The van der Waals surface area contributed by atoms with Gasteiger partial charge in [-0.2, -0.15) is 0 Å². The number of nitrogens with zero attached hydrogens (tertiary/aromatic N) is 2. The fourth-order valence-electron chi connectivity index (χ4n) is 2.59. The number of carboxylic acids is 1. The summed E-state index contributed by atoms with van der Waals surface area (Å²) in [5, 5.41) is 9.35. The second-order valence-corrected chi connectivity index (χ2v) is 4.87. The van der Waals surface area contributed by atoms with Crippen LogP contribution < -0.4 is 0 Å². The molecular weight excluding hydrogens is 272 g/mol. The lowest BCUT2D eigenvalue weighted by Crippen LogP contribution is -2.32. The number of aryl methyl sites for hydroxylation is 1. The zero-order chi connectivity index (χ0) is 15.1. The van der Waals surface area contributed by atoms with Gasteiger partial charge in [-0.25, -0.2) is 0 Å². The van der Waals surface area contributed by atoms with Crippen LogP contribution in [0, 0.1) is 6.92 Å². The van der Waals surface area contributed by atoms with Crippen LogP contribution in [0.25, 0.3) is 10.9 Å². The van der Waals surface area contributed by atoms with Crippen LogP contribution in [0.2, 0.25) is 0 Å². The summed E-state index contributed by atoms with van der Waals surface area (Å²) in [7, 11) is 0. The van der Waals surface area contributed by atoms with Crippen molar-refractivity contribution >= 4 is 28.7 Å². The van der Waals surface area contributed by atoms with E-state index in [4.69, 9.17) is 5.11 Å². The molecule has 1 N–H and O–H groups in total. The number of hydrogen-bond acceptors (Lipinski definition) is 4. The number of aromatic nitrogens is 1. The highest BCUT2D eigenvalue weighted by atomic mass is 16.4. The first kappa shape index (κ1) is 13.2. The van der Waals surface area contributed by atoms with Gasteiger partial charge in [0.2, 0.25) is 0 Å². The highest BCUT2D eigenvalue weighted by Gasteiger charge is 2.38. The van der Waals surface area contributed by atoms with Gasteiger partial charge in [-0.3, -0.25) is 24.3 Å². The molecule has 0 bridgehead atoms. The van der Waals surface area contributed by atoms with E-state index in [9.17, 15) is 14.4 Å². The Morgan fingerprint density at radius 2 is 1.86 bits per heavy atom. The molecule has 0 aliphatic carbocycles. The molecule has 0 saturated carbocycles. The van der Waals surface area contributed by atoms with Crippen LogP contribution in [0.1, 0.15) is 32.8 Å². The van der Waals surface area contributed by atoms with Gasteiger partial charge in [-0.15, -0.1) is 0 Å². The minimum absolute atomic E-state index is 0.130. The summed E-state index contributed by atoms with van der Waals surface area (Å²) in [6, 6.07) is 7.11. The maximum atomic E-state index is 12.5. The Morgan fingerprint density at radius 3 is 2.57 bits per heavy atom. The summed E-state index contributed by atoms with van der Waals surface area (Å²) in [5.41, 5.74) is 1.74. The molecule has 2 heterocycles. The summed E-state index contributed by atoms with van der Waals surface area (Å²) < 4.78 is 0. The van der Waals surface area contributed by atoms with Crippen molar-refractivity contribution in [1.29, 1.82) is 0 Å². The summed E-state index contributed by atoms with van der Waals surface area (Å²) in [4.78, 5) is 40.8. The minimum Gasteiger partial charge on any atom is -0.481 e. The van der Waals surface area contributed by atoms with E-state index in [1.807, 2.05) is 6.07 Å². The second-order valence-electron chi connectivity index (χ2n) is 4.87. The molecule has 0 spiro atoms. The highest BCUT2D eigenvalue weighted by molar-refractivity contribution is 6.26. The van der Waals surface area contributed by atoms with Crippen LogP contribution in [0.15, 0.2) is 24.3 Å². The van der Waals surface area contributed by atoms with E-state index in [1.54, 1.807) is 25.1 Å². The molecule has 0 saturated heterocycles. The normalized spacial score (nSPS) is 13.9. The molecule has 6 heteroatoms. The zero-order valence-corrected chi connectivity index (χ0v) is 11.3. The quantitative estimate of drug-likeness (QED) is 0.865. The Hall–Kier alpha value is -2.76. The van der Waals surface area contributed by atoms with Gasteiger partial charge in [-0.05, 0) is 13.0 Å². The Kier molecular flexibility index (Phi) is 2.94. The molecule has 0 atom stereocenters. The van der Waals surface area contributed by atoms with Crippen LogP contribution in [-0.4, -0.2) is 39.3 Å². The van der Waals surface area contributed by atoms with Crippen molar-refractivity contribution in [3.8, 4) is 0 Å². The summed E-state index contributed by atoms with van der Waals surface area (Å²) in [6.45, 7) is 1.55. The summed E-state index contributed by atoms with van der Waals surface area (Å²) in [6.07, 6.45) is -0.268. The third-order valence-corrected chi connectivity index (χ3v) is 3.54. The third kappa shape index (κ3) is 1.96. The van der Waals surface area contributed by atoms with Crippen molar-refractivity contribution in [1.82, 2.24) is 9.88 Å². The fourth-order valence-corrected chi connectivity index (χ4v) is 2.59. The van der Waals surface area contributed by atoms with Gasteiger partial charge in [0.25, 0.3) is 11.8 Å². The number of aliphatic carboxylic acids is 1. The van der Waals surface area contributed by atoms with E-state index in [1.165, 1.54) is 0 Å². The van der Waals surface area contributed by atoms with Crippen molar-refractivity contribution in [3.05, 3.63) is 41.1 Å². The van der Waals surface area contributed by atoms with Crippen LogP contribution in [-0.2, 0) is 4.79 Å². The van der Waals surface area contributed by atoms with Gasteiger partial charge in [0, 0.05) is 11.9 Å². The smallest absolute Gasteiger partial charge is 0.305 e. The molecule has 0 radical (unpaired) electrons. The lowest BCUT2D eigenvalue weighted by Gasteiger charge is -2.11. The number of para-hydroxylation sites is 1. The number of rotatable bonds is 3. The number of benzene rings is 1. The fraction of sp³-hybridized carbons (Fsp3) is 0.200. The van der Waals surface area contributed by atoms with Crippen molar-refractivity contribution in [2.24, 2.45) is 0 Å². The number of carbonyl (C=O) groups excluding carboxylic acids is 2. The molecule has 1 aliphatic heterocycles. The predicted octanol–water partition coefficient (Wildman–Crippen LogP) is 1.61. The molecule has 1 aliphatic rings. The molecule has 2 amide bonds. The standard InChI is InChI=1S/C15H12N2O4/c1-8-12-13(9-4-2-3-5-10(9)16-8)15(21)17(14(12)20)7-6-11(18)19/h2-5H,6-7H2,1H3,(H,18,19). The highest BCUT2D eigenvalue weighted by Crippen LogP contribution is 2.31. The van der Waals surface area contributed by atoms with Crippen LogP contribution in [0.4, 0.5) is 0 Å². The monoisotopic (exact) mass is 284 g/mol. The number of amides is 2. The lowest BCUT2D eigenvalue weighted by atomic mass is 10.0. The number of imide groups is 1. The largest absolute Gasteiger partial charge is 0.481 e. The van der Waals surface area contributed by atoms with Crippen LogP contribution >= 0.6 is 0 Å². The topological polar surface area (TPSA) is 87.6 Å². The van der Waals surface area contributed by atoms with E-state index in [2.05, 4.69) is 4.98 Å². The Balaban J connectivity index is 2.16. The van der Waals surface area contributed by atoms with E-state index >= 15 is 0 Å². The molecular formula is C15H12N2O4. The van der Waals surface area contributed by atoms with Gasteiger partial charge in [0.15, 0.2) is 0 Å². The van der Waals surface area contributed by atoms with Crippen molar-refractivity contribution in [2.45, 2.75) is 13.3 Å². The Labute approximate surface area is 120 Å². The second kappa shape index (κ2) is 4.66. The van der Waals surface area contributed by atoms with Crippen molar-refractivity contribution in [3.63, 3.8) is 0 Å². The SMILES string of the molecule is Cc1nc2ccccc2c2c1C(=O)N(CCC(=O)O)C2=O. The maximum Gasteiger partial charge on any atom is 0.305 e. The molecule has 1 aromatic carbocycles. The average molecular weight is 284 g/mol. The van der Waals surface area contributed by atoms with E-state index in [0.29, 0.717) is 22.2 Å². The van der Waals surface area contributed by atoms with Crippen LogP contribution in [0.3, 0.4) is 0 Å². The third-order valence-electron chi connectivity index (χ3n) is 3.54. The van der Waals surface area contributed by atoms with Gasteiger partial charge in [0.05, 0.1) is 28.8 Å². The summed E-state index contributed by atoms with van der Waals surface area (Å²) in [5.74, 6) is -1.96. The maximum absolute atomic E-state index is 12.5. The average Bonchev–Trinajstić information content (AvgIpc) is 2.69. The number of hydrogen-bond donors (Lipinski definition) is 1. The van der Waals surface area contributed by atoms with Gasteiger partial charge >= 0.3 is 5.97 Å². The Bertz CT molecular complexity index is 798. The molecule has 2 aromatic rings. The zero-order valence-electron chi connectivity index (χ0n) is 11.3. The molecule has 0 fully saturated rings. The van der Waals surface area contributed by atoms with Crippen molar-refractivity contribution < 1.29 is 19.5 Å². The number of fused-ring (bicyclic) bond motifs is 3. The van der Waals surface area contributed by atoms with Gasteiger partial charge in [-0.1, -0.05) is 18.2 Å². The molecule has 0 unspecified atom stereocenters. The number of pyridine rings is 1. The van der Waals surface area contributed by atoms with Crippen molar-refractivity contribution in [2.75, 3.05) is 6.54 Å². The first-order chi connectivity index (χ1) is 10.0. The van der Waals surface area contributed by atoms with E-state index in [-0.39, 0.29) is 18.5 Å². The predicted molar refractivity (Wildman–Crippen MR) is 74.1 cm³/mol. The summed E-state index contributed by atoms with van der Waals surface area (Å²) >= 11 is 0. The molecule has 1 aromatic heterocycles. The lowest BCUT2D eigenvalue weighted by molar-refractivity contribution is -0.137. The first-order valence-corrected chi connectivity index (χ1v) is 6.48. The number of carboxylic acid groups (broad SMARTS) is 1. The molecule has 106 valence electrons. The molecule has 6 nitrogen and oxygen atoms in total. The van der Waals surface area contributed by atoms with E-state index in [0.717, 1.165) is 4.90 Å². The van der Waals surface area contributed by atoms with Gasteiger partial charge in [0.1, 0.15) is 0 Å². The number of carbonyl (C=O) groups is 3. The van der Waals surface area contributed by atoms with Gasteiger partial charge < -0.3 is 5.11 Å². The van der Waals surface area contributed by atoms with Crippen LogP contribution in [0.5, 0.6) is 0 Å². The Morgan fingerprint density at radius 1 is 1.19 bits per heavy atom. The molecule has 21 heavy (non-hydrogen) atoms. The molecule has 3 rings (SSSR count). The first-order valence-electron chi connectivity index (χ1n) is 6.48.